The molecule has 0 aliphatic carbocycles. The van der Waals surface area contributed by atoms with E-state index in [0.29, 0.717) is 6.61 Å². The molecule has 0 spiro atoms. The van der Waals surface area contributed by atoms with Crippen LogP contribution >= 0.6 is 0 Å². The minimum absolute atomic E-state index is 0.343. The van der Waals surface area contributed by atoms with Crippen molar-refractivity contribution < 1.29 is 4.74 Å². The molecule has 2 heterocycles. The summed E-state index contributed by atoms with van der Waals surface area (Å²) in [5, 5.41) is 1.15. The van der Waals surface area contributed by atoms with Gasteiger partial charge in [-0.1, -0.05) is 18.2 Å². The van der Waals surface area contributed by atoms with E-state index in [1.807, 2.05) is 12.3 Å². The Kier molecular flexibility index (Phi) is 2.57. The first-order valence-corrected chi connectivity index (χ1v) is 6.00. The highest BCUT2D eigenvalue weighted by Gasteiger charge is 2.30. The second-order valence-corrected chi connectivity index (χ2v) is 4.72. The van der Waals surface area contributed by atoms with Crippen LogP contribution in [0.3, 0.4) is 0 Å². The average molecular weight is 228 g/mol. The average Bonchev–Trinajstić information content (AvgIpc) is 2.39. The van der Waals surface area contributed by atoms with Crippen LogP contribution in [0.5, 0.6) is 0 Å². The molecule has 0 saturated carbocycles. The van der Waals surface area contributed by atoms with Crippen molar-refractivity contribution in [2.45, 2.75) is 18.4 Å². The van der Waals surface area contributed by atoms with E-state index in [-0.39, 0.29) is 5.54 Å². The van der Waals surface area contributed by atoms with Crippen molar-refractivity contribution in [1.29, 1.82) is 0 Å². The second kappa shape index (κ2) is 4.09. The van der Waals surface area contributed by atoms with Crippen molar-refractivity contribution in [3.63, 3.8) is 0 Å². The fourth-order valence-corrected chi connectivity index (χ4v) is 2.42. The van der Waals surface area contributed by atoms with Crippen molar-refractivity contribution in [1.82, 2.24) is 4.98 Å². The minimum atomic E-state index is -0.343. The fourth-order valence-electron chi connectivity index (χ4n) is 2.42. The molecule has 17 heavy (non-hydrogen) atoms. The van der Waals surface area contributed by atoms with Gasteiger partial charge in [-0.2, -0.15) is 0 Å². The Balaban J connectivity index is 2.05. The summed E-state index contributed by atoms with van der Waals surface area (Å²) in [6.07, 6.45) is 3.81. The van der Waals surface area contributed by atoms with Crippen LogP contribution < -0.4 is 5.73 Å². The van der Waals surface area contributed by atoms with Gasteiger partial charge in [0.1, 0.15) is 0 Å². The molecule has 1 aromatic heterocycles. The topological polar surface area (TPSA) is 48.1 Å². The lowest BCUT2D eigenvalue weighted by molar-refractivity contribution is 0.0367. The van der Waals surface area contributed by atoms with Crippen molar-refractivity contribution in [2.24, 2.45) is 5.73 Å². The molecule has 3 rings (SSSR count). The van der Waals surface area contributed by atoms with Gasteiger partial charge in [-0.25, -0.2) is 0 Å². The molecule has 1 saturated heterocycles. The molecule has 0 radical (unpaired) electrons. The van der Waals surface area contributed by atoms with Crippen LogP contribution in [0.15, 0.2) is 36.5 Å². The van der Waals surface area contributed by atoms with Crippen LogP contribution in [-0.4, -0.2) is 18.2 Å². The molecule has 0 bridgehead atoms. The molecule has 88 valence electrons. The summed E-state index contributed by atoms with van der Waals surface area (Å²) >= 11 is 0. The number of benzene rings is 1. The summed E-state index contributed by atoms with van der Waals surface area (Å²) in [5.74, 6) is 0. The molecule has 1 aliphatic rings. The number of ether oxygens (including phenoxy) is 1. The van der Waals surface area contributed by atoms with E-state index >= 15 is 0 Å². The molecule has 2 aromatic rings. The molecule has 0 amide bonds. The predicted octanol–water partition coefficient (Wildman–Crippen LogP) is 2.20. The van der Waals surface area contributed by atoms with Gasteiger partial charge in [0.25, 0.3) is 0 Å². The monoisotopic (exact) mass is 228 g/mol. The lowest BCUT2D eigenvalue weighted by atomic mass is 9.85. The summed E-state index contributed by atoms with van der Waals surface area (Å²) in [4.78, 5) is 4.37. The third-order valence-corrected chi connectivity index (χ3v) is 3.45. The van der Waals surface area contributed by atoms with Gasteiger partial charge in [0.15, 0.2) is 0 Å². The second-order valence-electron chi connectivity index (χ2n) is 4.72. The van der Waals surface area contributed by atoms with Gasteiger partial charge in [-0.3, -0.25) is 4.98 Å². The van der Waals surface area contributed by atoms with Gasteiger partial charge in [0, 0.05) is 18.2 Å². The molecule has 1 unspecified atom stereocenters. The molecule has 1 aromatic carbocycles. The zero-order valence-electron chi connectivity index (χ0n) is 9.73. The van der Waals surface area contributed by atoms with Crippen LogP contribution in [0.1, 0.15) is 18.4 Å². The summed E-state index contributed by atoms with van der Waals surface area (Å²) in [7, 11) is 0. The lowest BCUT2D eigenvalue weighted by Crippen LogP contribution is -2.44. The minimum Gasteiger partial charge on any atom is -0.379 e. The number of nitrogens with two attached hydrogens (primary N) is 1. The number of nitrogens with zero attached hydrogens (tertiary/aromatic N) is 1. The summed E-state index contributed by atoms with van der Waals surface area (Å²) in [5.41, 5.74) is 8.20. The van der Waals surface area contributed by atoms with Crippen molar-refractivity contribution in [3.8, 4) is 0 Å². The maximum absolute atomic E-state index is 6.42. The van der Waals surface area contributed by atoms with Crippen molar-refractivity contribution in [3.05, 3.63) is 42.1 Å². The normalized spacial score (nSPS) is 25.0. The highest BCUT2D eigenvalue weighted by molar-refractivity contribution is 5.79. The molecular weight excluding hydrogens is 212 g/mol. The number of rotatable bonds is 1. The molecule has 3 heteroatoms. The Labute approximate surface area is 101 Å². The zero-order chi connectivity index (χ0) is 11.7. The van der Waals surface area contributed by atoms with E-state index in [0.717, 1.165) is 35.9 Å². The number of pyridine rings is 1. The van der Waals surface area contributed by atoms with Crippen molar-refractivity contribution in [2.75, 3.05) is 13.2 Å². The van der Waals surface area contributed by atoms with Crippen molar-refractivity contribution >= 4 is 10.9 Å². The van der Waals surface area contributed by atoms with Gasteiger partial charge in [-0.05, 0) is 30.5 Å². The Morgan fingerprint density at radius 1 is 1.29 bits per heavy atom. The highest BCUT2D eigenvalue weighted by Crippen LogP contribution is 2.29. The Bertz CT molecular complexity index is 532. The van der Waals surface area contributed by atoms with Crippen LogP contribution in [-0.2, 0) is 10.3 Å². The first-order valence-electron chi connectivity index (χ1n) is 6.00. The summed E-state index contributed by atoms with van der Waals surface area (Å²) in [6.45, 7) is 1.43. The smallest absolute Gasteiger partial charge is 0.0705 e. The van der Waals surface area contributed by atoms with Gasteiger partial charge in [-0.15, -0.1) is 0 Å². The maximum Gasteiger partial charge on any atom is 0.0705 e. The van der Waals surface area contributed by atoms with E-state index in [1.54, 1.807) is 0 Å². The summed E-state index contributed by atoms with van der Waals surface area (Å²) in [6, 6.07) is 10.3. The van der Waals surface area contributed by atoms with E-state index in [2.05, 4.69) is 29.2 Å². The van der Waals surface area contributed by atoms with Crippen LogP contribution in [0.4, 0.5) is 0 Å². The Hall–Kier alpha value is -1.45. The lowest BCUT2D eigenvalue weighted by Gasteiger charge is -2.33. The number of hydrogen-bond acceptors (Lipinski definition) is 3. The SMILES string of the molecule is NC1(c2ccc3cccnc3c2)CCCOC1. The fraction of sp³-hybridized carbons (Fsp3) is 0.357. The molecule has 1 aliphatic heterocycles. The van der Waals surface area contributed by atoms with E-state index in [1.165, 1.54) is 0 Å². The number of hydrogen-bond donors (Lipinski definition) is 1. The quantitative estimate of drug-likeness (QED) is 0.814. The van der Waals surface area contributed by atoms with E-state index in [4.69, 9.17) is 10.5 Å². The third kappa shape index (κ3) is 1.92. The Morgan fingerprint density at radius 3 is 3.06 bits per heavy atom. The first-order chi connectivity index (χ1) is 8.28. The van der Waals surface area contributed by atoms with Crippen LogP contribution in [0.25, 0.3) is 10.9 Å². The molecule has 1 fully saturated rings. The molecule has 1 atom stereocenters. The third-order valence-electron chi connectivity index (χ3n) is 3.45. The molecule has 2 N–H and O–H groups in total. The largest absolute Gasteiger partial charge is 0.379 e. The van der Waals surface area contributed by atoms with Gasteiger partial charge in [0.2, 0.25) is 0 Å². The zero-order valence-corrected chi connectivity index (χ0v) is 9.73. The molecule has 3 nitrogen and oxygen atoms in total. The number of aromatic nitrogens is 1. The predicted molar refractivity (Wildman–Crippen MR) is 67.7 cm³/mol. The van der Waals surface area contributed by atoms with Crippen LogP contribution in [0.2, 0.25) is 0 Å². The first kappa shape index (κ1) is 10.7. The van der Waals surface area contributed by atoms with E-state index in [9.17, 15) is 0 Å². The van der Waals surface area contributed by atoms with Gasteiger partial charge >= 0.3 is 0 Å². The standard InChI is InChI=1S/C14H16N2O/c15-14(6-2-8-17-10-14)12-5-4-11-3-1-7-16-13(11)9-12/h1,3-5,7,9H,2,6,8,10,15H2. The summed E-state index contributed by atoms with van der Waals surface area (Å²) < 4.78 is 5.51. The highest BCUT2D eigenvalue weighted by atomic mass is 16.5. The number of fused-ring (bicyclic) bond motifs is 1. The Morgan fingerprint density at radius 2 is 2.24 bits per heavy atom. The van der Waals surface area contributed by atoms with Crippen LogP contribution in [0, 0.1) is 0 Å². The maximum atomic E-state index is 6.42. The van der Waals surface area contributed by atoms with Gasteiger partial charge in [0.05, 0.1) is 17.7 Å². The van der Waals surface area contributed by atoms with Gasteiger partial charge < -0.3 is 10.5 Å². The van der Waals surface area contributed by atoms with E-state index < -0.39 is 0 Å². The molecular formula is C14H16N2O.